The molecule has 0 radical (unpaired) electrons. The van der Waals surface area contributed by atoms with E-state index in [0.29, 0.717) is 6.54 Å². The molecule has 1 aliphatic heterocycles. The van der Waals surface area contributed by atoms with Gasteiger partial charge in [0.2, 0.25) is 17.7 Å². The maximum absolute atomic E-state index is 11.9. The van der Waals surface area contributed by atoms with Crippen LogP contribution in [0.15, 0.2) is 22.7 Å². The fraction of sp³-hybridized carbons (Fsp3) is 0.550. The zero-order valence-electron chi connectivity index (χ0n) is 17.5. The van der Waals surface area contributed by atoms with Crippen molar-refractivity contribution >= 4 is 51.1 Å². The maximum atomic E-state index is 11.9. The number of benzene rings is 1. The molecular formula is C20H32BrN3O3S. The smallest absolute Gasteiger partial charge is 0.238 e. The lowest BCUT2D eigenvalue weighted by molar-refractivity contribution is -0.126. The molecule has 1 fully saturated rings. The molecule has 0 spiro atoms. The second-order valence-electron chi connectivity index (χ2n) is 5.96. The topological polar surface area (TPSA) is 87.3 Å². The number of imide groups is 1. The van der Waals surface area contributed by atoms with Gasteiger partial charge in [0, 0.05) is 22.6 Å². The summed E-state index contributed by atoms with van der Waals surface area (Å²) in [4.78, 5) is 34.8. The molecule has 1 aliphatic rings. The first-order chi connectivity index (χ1) is 13.3. The van der Waals surface area contributed by atoms with Crippen molar-refractivity contribution in [2.75, 3.05) is 30.4 Å². The van der Waals surface area contributed by atoms with Gasteiger partial charge in [-0.3, -0.25) is 19.7 Å². The Morgan fingerprint density at radius 1 is 1.25 bits per heavy atom. The van der Waals surface area contributed by atoms with Gasteiger partial charge in [0.05, 0.1) is 12.5 Å². The molecule has 158 valence electrons. The Morgan fingerprint density at radius 2 is 1.86 bits per heavy atom. The monoisotopic (exact) mass is 473 g/mol. The molecule has 2 rings (SSSR count). The van der Waals surface area contributed by atoms with Crippen LogP contribution in [-0.4, -0.2) is 42.8 Å². The van der Waals surface area contributed by atoms with E-state index < -0.39 is 5.92 Å². The van der Waals surface area contributed by atoms with E-state index in [1.54, 1.807) is 6.92 Å². The van der Waals surface area contributed by atoms with Crippen molar-refractivity contribution in [2.45, 2.75) is 34.6 Å². The van der Waals surface area contributed by atoms with Crippen molar-refractivity contribution in [3.05, 3.63) is 28.2 Å². The number of thioether (sulfide) groups is 1. The van der Waals surface area contributed by atoms with Crippen LogP contribution in [0, 0.1) is 18.8 Å². The van der Waals surface area contributed by atoms with Crippen molar-refractivity contribution in [3.8, 4) is 0 Å². The summed E-state index contributed by atoms with van der Waals surface area (Å²) in [6.07, 6.45) is 2.10. The van der Waals surface area contributed by atoms with E-state index in [4.69, 9.17) is 0 Å². The summed E-state index contributed by atoms with van der Waals surface area (Å²) in [6.45, 7) is 10.1. The Bertz CT molecular complexity index is 654. The van der Waals surface area contributed by atoms with Gasteiger partial charge in [-0.1, -0.05) is 43.6 Å². The van der Waals surface area contributed by atoms with E-state index in [1.807, 2.05) is 50.7 Å². The number of aryl methyl sites for hydroxylation is 1. The highest BCUT2D eigenvalue weighted by atomic mass is 79.9. The Morgan fingerprint density at radius 3 is 2.32 bits per heavy atom. The van der Waals surface area contributed by atoms with Gasteiger partial charge >= 0.3 is 0 Å². The predicted octanol–water partition coefficient (Wildman–Crippen LogP) is 3.59. The lowest BCUT2D eigenvalue weighted by Gasteiger charge is -2.13. The Kier molecular flexibility index (Phi) is 13.9. The molecule has 1 aromatic carbocycles. The van der Waals surface area contributed by atoms with E-state index >= 15 is 0 Å². The van der Waals surface area contributed by atoms with Gasteiger partial charge in [0.1, 0.15) is 0 Å². The average molecular weight is 474 g/mol. The van der Waals surface area contributed by atoms with Crippen LogP contribution in [0.4, 0.5) is 5.69 Å². The first-order valence-corrected chi connectivity index (χ1v) is 11.6. The summed E-state index contributed by atoms with van der Waals surface area (Å²) in [5.74, 6) is -0.282. The summed E-state index contributed by atoms with van der Waals surface area (Å²) in [7, 11) is 0. The SMILES string of the molecule is CC.CCSC.Cc1cc(Br)ccc1NC(=O)CNC[C@H]1C(=O)NC(=O)[C@H]1C. The third-order valence-electron chi connectivity index (χ3n) is 4.00. The quantitative estimate of drug-likeness (QED) is 0.549. The van der Waals surface area contributed by atoms with Crippen molar-refractivity contribution in [3.63, 3.8) is 0 Å². The first kappa shape index (κ1) is 26.6. The van der Waals surface area contributed by atoms with Crippen LogP contribution >= 0.6 is 27.7 Å². The fourth-order valence-electron chi connectivity index (χ4n) is 2.31. The Balaban J connectivity index is 0.00000108. The van der Waals surface area contributed by atoms with Crippen LogP contribution in [0.1, 0.15) is 33.3 Å². The Labute approximate surface area is 181 Å². The normalized spacial score (nSPS) is 17.7. The average Bonchev–Trinajstić information content (AvgIpc) is 2.92. The van der Waals surface area contributed by atoms with Gasteiger partial charge < -0.3 is 10.6 Å². The van der Waals surface area contributed by atoms with Crippen molar-refractivity contribution in [1.29, 1.82) is 0 Å². The van der Waals surface area contributed by atoms with E-state index in [2.05, 4.69) is 45.1 Å². The number of carbonyl (C=O) groups is 3. The van der Waals surface area contributed by atoms with E-state index in [-0.39, 0.29) is 30.2 Å². The molecular weight excluding hydrogens is 442 g/mol. The first-order valence-electron chi connectivity index (χ1n) is 9.40. The molecule has 8 heteroatoms. The molecule has 6 nitrogen and oxygen atoms in total. The van der Waals surface area contributed by atoms with Crippen molar-refractivity contribution in [2.24, 2.45) is 11.8 Å². The molecule has 0 aromatic heterocycles. The van der Waals surface area contributed by atoms with Crippen LogP contribution < -0.4 is 16.0 Å². The van der Waals surface area contributed by atoms with E-state index in [0.717, 1.165) is 15.7 Å². The predicted molar refractivity (Wildman–Crippen MR) is 122 cm³/mol. The number of rotatable bonds is 6. The second kappa shape index (κ2) is 14.6. The van der Waals surface area contributed by atoms with Gasteiger partial charge in [-0.05, 0) is 42.7 Å². The lowest BCUT2D eigenvalue weighted by atomic mass is 9.97. The molecule has 3 amide bonds. The number of amides is 3. The largest absolute Gasteiger partial charge is 0.325 e. The Hall–Kier alpha value is -1.38. The minimum atomic E-state index is -0.422. The van der Waals surface area contributed by atoms with Crippen molar-refractivity contribution < 1.29 is 14.4 Å². The molecule has 0 saturated carbocycles. The molecule has 3 N–H and O–H groups in total. The van der Waals surface area contributed by atoms with E-state index in [1.165, 1.54) is 5.75 Å². The molecule has 1 saturated heterocycles. The van der Waals surface area contributed by atoms with Crippen LogP contribution in [0.25, 0.3) is 0 Å². The minimum absolute atomic E-state index is 0.0835. The number of hydrogen-bond donors (Lipinski definition) is 3. The summed E-state index contributed by atoms with van der Waals surface area (Å²) >= 11 is 5.22. The van der Waals surface area contributed by atoms with Gasteiger partial charge in [-0.25, -0.2) is 0 Å². The fourth-order valence-corrected chi connectivity index (χ4v) is 2.79. The zero-order valence-corrected chi connectivity index (χ0v) is 19.9. The number of anilines is 1. The molecule has 0 aliphatic carbocycles. The summed E-state index contributed by atoms with van der Waals surface area (Å²) in [6, 6.07) is 5.59. The van der Waals surface area contributed by atoms with Crippen LogP contribution in [0.5, 0.6) is 0 Å². The van der Waals surface area contributed by atoms with Gasteiger partial charge in [0.25, 0.3) is 0 Å². The number of carbonyl (C=O) groups excluding carboxylic acids is 3. The summed E-state index contributed by atoms with van der Waals surface area (Å²) < 4.78 is 0.951. The molecule has 1 heterocycles. The maximum Gasteiger partial charge on any atom is 0.238 e. The lowest BCUT2D eigenvalue weighted by Crippen LogP contribution is -2.35. The highest BCUT2D eigenvalue weighted by Gasteiger charge is 2.37. The summed E-state index contributed by atoms with van der Waals surface area (Å²) in [5.41, 5.74) is 1.70. The standard InChI is InChI=1S/C15H18BrN3O3.C3H8S.C2H6/c1-8-5-10(16)3-4-12(8)18-13(20)7-17-6-11-9(2)14(21)19-15(11)22;1-3-4-2;1-2/h3-5,9,11,17H,6-7H2,1-2H3,(H,18,20)(H,19,21,22);3H2,1-2H3;1-2H3/t9-,11+;;/m0../s1. The van der Waals surface area contributed by atoms with Crippen molar-refractivity contribution in [1.82, 2.24) is 10.6 Å². The molecule has 1 aromatic rings. The van der Waals surface area contributed by atoms with Gasteiger partial charge in [-0.15, -0.1) is 0 Å². The third-order valence-corrected chi connectivity index (χ3v) is 5.07. The van der Waals surface area contributed by atoms with Gasteiger partial charge in [0.15, 0.2) is 0 Å². The van der Waals surface area contributed by atoms with Crippen LogP contribution in [0.2, 0.25) is 0 Å². The number of halogens is 1. The van der Waals surface area contributed by atoms with Crippen LogP contribution in [0.3, 0.4) is 0 Å². The third kappa shape index (κ3) is 9.21. The highest BCUT2D eigenvalue weighted by molar-refractivity contribution is 9.10. The molecule has 2 atom stereocenters. The number of nitrogens with one attached hydrogen (secondary N) is 3. The molecule has 28 heavy (non-hydrogen) atoms. The second-order valence-corrected chi connectivity index (χ2v) is 8.03. The zero-order chi connectivity index (χ0) is 21.7. The molecule has 0 unspecified atom stereocenters. The minimum Gasteiger partial charge on any atom is -0.325 e. The van der Waals surface area contributed by atoms with E-state index in [9.17, 15) is 14.4 Å². The summed E-state index contributed by atoms with van der Waals surface area (Å²) in [5, 5.41) is 8.01. The molecule has 0 bridgehead atoms. The van der Waals surface area contributed by atoms with Gasteiger partial charge in [-0.2, -0.15) is 11.8 Å². The highest BCUT2D eigenvalue weighted by Crippen LogP contribution is 2.20. The number of hydrogen-bond acceptors (Lipinski definition) is 5. The van der Waals surface area contributed by atoms with Crippen LogP contribution in [-0.2, 0) is 14.4 Å².